The SMILES string of the molecule is COc1ccc([N+](=O)[O-])cc1S(=O)(=O)N1CCC(N2CCCC2)CC1. The lowest BCUT2D eigenvalue weighted by Gasteiger charge is -2.36. The molecule has 0 aromatic heterocycles. The molecule has 0 spiro atoms. The number of methoxy groups -OCH3 is 1. The van der Waals surface area contributed by atoms with Gasteiger partial charge in [-0.1, -0.05) is 0 Å². The Balaban J connectivity index is 1.80. The fraction of sp³-hybridized carbons (Fsp3) is 0.625. The molecule has 0 amide bonds. The molecule has 2 aliphatic heterocycles. The number of ether oxygens (including phenoxy) is 1. The van der Waals surface area contributed by atoms with Gasteiger partial charge >= 0.3 is 0 Å². The normalized spacial score (nSPS) is 20.7. The van der Waals surface area contributed by atoms with Crippen LogP contribution in [0, 0.1) is 10.1 Å². The predicted molar refractivity (Wildman–Crippen MR) is 92.2 cm³/mol. The van der Waals surface area contributed by atoms with E-state index in [4.69, 9.17) is 4.74 Å². The molecule has 0 bridgehead atoms. The summed E-state index contributed by atoms with van der Waals surface area (Å²) in [6, 6.07) is 4.10. The molecule has 8 nitrogen and oxygen atoms in total. The summed E-state index contributed by atoms with van der Waals surface area (Å²) < 4.78 is 32.5. The van der Waals surface area contributed by atoms with Gasteiger partial charge in [0.05, 0.1) is 12.0 Å². The maximum absolute atomic E-state index is 13.0. The zero-order chi connectivity index (χ0) is 18.0. The van der Waals surface area contributed by atoms with E-state index in [2.05, 4.69) is 4.90 Å². The molecule has 0 aliphatic carbocycles. The van der Waals surface area contributed by atoms with Crippen molar-refractivity contribution in [1.82, 2.24) is 9.21 Å². The Kier molecular flexibility index (Phi) is 5.26. The number of piperidine rings is 1. The largest absolute Gasteiger partial charge is 0.495 e. The summed E-state index contributed by atoms with van der Waals surface area (Å²) in [6.45, 7) is 3.04. The van der Waals surface area contributed by atoms with Gasteiger partial charge in [-0.25, -0.2) is 8.42 Å². The minimum atomic E-state index is -3.82. The Morgan fingerprint density at radius 1 is 1.16 bits per heavy atom. The van der Waals surface area contributed by atoms with Crippen LogP contribution in [0.15, 0.2) is 23.1 Å². The molecule has 0 saturated carbocycles. The van der Waals surface area contributed by atoms with E-state index in [-0.39, 0.29) is 16.3 Å². The third-order valence-electron chi connectivity index (χ3n) is 5.06. The average molecular weight is 369 g/mol. The van der Waals surface area contributed by atoms with E-state index in [0.717, 1.165) is 32.0 Å². The number of hydrogen-bond acceptors (Lipinski definition) is 6. The minimum Gasteiger partial charge on any atom is -0.495 e. The topological polar surface area (TPSA) is 93.0 Å². The van der Waals surface area contributed by atoms with Crippen molar-refractivity contribution in [3.8, 4) is 5.75 Å². The molecule has 1 aromatic carbocycles. The molecule has 0 N–H and O–H groups in total. The van der Waals surface area contributed by atoms with Gasteiger partial charge in [-0.3, -0.25) is 10.1 Å². The summed E-state index contributed by atoms with van der Waals surface area (Å²) in [5, 5.41) is 11.0. The number of nitrogens with zero attached hydrogens (tertiary/aromatic N) is 3. The number of non-ortho nitro benzene ring substituents is 1. The van der Waals surface area contributed by atoms with Crippen LogP contribution in [0.25, 0.3) is 0 Å². The molecule has 2 fully saturated rings. The second kappa shape index (κ2) is 7.27. The first kappa shape index (κ1) is 18.1. The highest BCUT2D eigenvalue weighted by atomic mass is 32.2. The van der Waals surface area contributed by atoms with Crippen molar-refractivity contribution in [1.29, 1.82) is 0 Å². The zero-order valence-corrected chi connectivity index (χ0v) is 15.1. The molecule has 2 heterocycles. The number of rotatable bonds is 5. The van der Waals surface area contributed by atoms with Gasteiger partial charge in [-0.15, -0.1) is 0 Å². The number of sulfonamides is 1. The van der Waals surface area contributed by atoms with E-state index in [0.29, 0.717) is 19.1 Å². The molecule has 2 aliphatic rings. The predicted octanol–water partition coefficient (Wildman–Crippen LogP) is 1.85. The standard InChI is InChI=1S/C16H23N3O5S/c1-24-15-5-4-14(19(20)21)12-16(15)25(22,23)18-10-6-13(7-11-18)17-8-2-3-9-17/h4-5,12-13H,2-3,6-11H2,1H3. The summed E-state index contributed by atoms with van der Waals surface area (Å²) in [4.78, 5) is 12.7. The average Bonchev–Trinajstić information content (AvgIpc) is 3.16. The van der Waals surface area contributed by atoms with Gasteiger partial charge in [-0.05, 0) is 44.8 Å². The quantitative estimate of drug-likeness (QED) is 0.581. The van der Waals surface area contributed by atoms with E-state index < -0.39 is 14.9 Å². The number of hydrogen-bond donors (Lipinski definition) is 0. The molecule has 0 radical (unpaired) electrons. The number of benzene rings is 1. The van der Waals surface area contributed by atoms with Crippen LogP contribution in [0.2, 0.25) is 0 Å². The summed E-state index contributed by atoms with van der Waals surface area (Å²) >= 11 is 0. The number of likely N-dealkylation sites (tertiary alicyclic amines) is 1. The molecule has 1 aromatic rings. The summed E-state index contributed by atoms with van der Waals surface area (Å²) in [7, 11) is -2.46. The Hall–Kier alpha value is -1.71. The fourth-order valence-corrected chi connectivity index (χ4v) is 5.32. The van der Waals surface area contributed by atoms with E-state index in [1.165, 1.54) is 36.4 Å². The molecular formula is C16H23N3O5S. The van der Waals surface area contributed by atoms with Crippen LogP contribution in [0.5, 0.6) is 5.75 Å². The van der Waals surface area contributed by atoms with Crippen LogP contribution >= 0.6 is 0 Å². The van der Waals surface area contributed by atoms with E-state index in [9.17, 15) is 18.5 Å². The van der Waals surface area contributed by atoms with Crippen LogP contribution in [-0.2, 0) is 10.0 Å². The maximum atomic E-state index is 13.0. The summed E-state index contributed by atoms with van der Waals surface area (Å²) in [6.07, 6.45) is 4.00. The Labute approximate surface area is 147 Å². The van der Waals surface area contributed by atoms with Crippen LogP contribution in [0.3, 0.4) is 0 Å². The lowest BCUT2D eigenvalue weighted by atomic mass is 10.1. The van der Waals surface area contributed by atoms with Crippen molar-refractivity contribution in [2.24, 2.45) is 0 Å². The van der Waals surface area contributed by atoms with Crippen molar-refractivity contribution in [3.63, 3.8) is 0 Å². The second-order valence-corrected chi connectivity index (χ2v) is 8.38. The molecule has 2 saturated heterocycles. The van der Waals surface area contributed by atoms with Crippen molar-refractivity contribution >= 4 is 15.7 Å². The van der Waals surface area contributed by atoms with Crippen molar-refractivity contribution in [2.75, 3.05) is 33.3 Å². The van der Waals surface area contributed by atoms with Gasteiger partial charge in [0, 0.05) is 31.3 Å². The van der Waals surface area contributed by atoms with Crippen molar-refractivity contribution in [2.45, 2.75) is 36.6 Å². The van der Waals surface area contributed by atoms with Crippen LogP contribution in [0.4, 0.5) is 5.69 Å². The van der Waals surface area contributed by atoms with Gasteiger partial charge in [0.1, 0.15) is 10.6 Å². The van der Waals surface area contributed by atoms with E-state index in [1.807, 2.05) is 0 Å². The third-order valence-corrected chi connectivity index (χ3v) is 6.98. The minimum absolute atomic E-state index is 0.132. The summed E-state index contributed by atoms with van der Waals surface area (Å²) in [5.74, 6) is 0.132. The third kappa shape index (κ3) is 3.63. The maximum Gasteiger partial charge on any atom is 0.271 e. The van der Waals surface area contributed by atoms with Gasteiger partial charge in [0.2, 0.25) is 10.0 Å². The van der Waals surface area contributed by atoms with Crippen molar-refractivity contribution in [3.05, 3.63) is 28.3 Å². The van der Waals surface area contributed by atoms with Gasteiger partial charge in [0.15, 0.2) is 0 Å². The van der Waals surface area contributed by atoms with Gasteiger partial charge in [-0.2, -0.15) is 4.31 Å². The first-order valence-corrected chi connectivity index (χ1v) is 9.94. The molecule has 9 heteroatoms. The lowest BCUT2D eigenvalue weighted by Crippen LogP contribution is -2.45. The Bertz CT molecular complexity index is 738. The molecule has 0 atom stereocenters. The fourth-order valence-electron chi connectivity index (χ4n) is 3.67. The smallest absolute Gasteiger partial charge is 0.271 e. The lowest BCUT2D eigenvalue weighted by molar-refractivity contribution is -0.385. The number of nitro groups is 1. The highest BCUT2D eigenvalue weighted by molar-refractivity contribution is 7.89. The highest BCUT2D eigenvalue weighted by Gasteiger charge is 2.34. The van der Waals surface area contributed by atoms with Crippen LogP contribution in [-0.4, -0.2) is 61.9 Å². The first-order chi connectivity index (χ1) is 11.9. The van der Waals surface area contributed by atoms with Gasteiger partial charge < -0.3 is 9.64 Å². The zero-order valence-electron chi connectivity index (χ0n) is 14.3. The van der Waals surface area contributed by atoms with E-state index >= 15 is 0 Å². The molecule has 25 heavy (non-hydrogen) atoms. The molecule has 3 rings (SSSR count). The monoisotopic (exact) mass is 369 g/mol. The highest BCUT2D eigenvalue weighted by Crippen LogP contribution is 2.32. The molecule has 0 unspecified atom stereocenters. The Morgan fingerprint density at radius 3 is 2.36 bits per heavy atom. The second-order valence-electron chi connectivity index (χ2n) is 6.47. The summed E-state index contributed by atoms with van der Waals surface area (Å²) in [5.41, 5.74) is -0.258. The van der Waals surface area contributed by atoms with Gasteiger partial charge in [0.25, 0.3) is 5.69 Å². The van der Waals surface area contributed by atoms with E-state index in [1.54, 1.807) is 0 Å². The first-order valence-electron chi connectivity index (χ1n) is 8.50. The van der Waals surface area contributed by atoms with Crippen LogP contribution < -0.4 is 4.74 Å². The Morgan fingerprint density at radius 2 is 1.80 bits per heavy atom. The van der Waals surface area contributed by atoms with Crippen LogP contribution in [0.1, 0.15) is 25.7 Å². The molecule has 138 valence electrons. The van der Waals surface area contributed by atoms with Crippen molar-refractivity contribution < 1.29 is 18.1 Å². The number of nitro benzene ring substituents is 1. The molecular weight excluding hydrogens is 346 g/mol.